The van der Waals surface area contributed by atoms with Crippen LogP contribution in [-0.2, 0) is 0 Å². The summed E-state index contributed by atoms with van der Waals surface area (Å²) in [6, 6.07) is 5.66. The Hall–Kier alpha value is -2.41. The lowest BCUT2D eigenvalue weighted by Crippen LogP contribution is -2.03. The largest absolute Gasteiger partial charge is 0.370 e. The third-order valence-electron chi connectivity index (χ3n) is 2.79. The van der Waals surface area contributed by atoms with Crippen molar-refractivity contribution in [3.63, 3.8) is 0 Å². The summed E-state index contributed by atoms with van der Waals surface area (Å²) in [5.74, 6) is 1.07. The van der Waals surface area contributed by atoms with Crippen molar-refractivity contribution >= 4 is 40.2 Å². The van der Waals surface area contributed by atoms with Gasteiger partial charge in [-0.3, -0.25) is 0 Å². The molecule has 0 spiro atoms. The minimum absolute atomic E-state index is 0.338. The third kappa shape index (κ3) is 2.23. The zero-order valence-electron chi connectivity index (χ0n) is 10.8. The summed E-state index contributed by atoms with van der Waals surface area (Å²) in [5, 5.41) is 14.1. The van der Waals surface area contributed by atoms with Crippen molar-refractivity contribution in [2.45, 2.75) is 6.92 Å². The number of hydrogen-bond acceptors (Lipinski definition) is 7. The van der Waals surface area contributed by atoms with Gasteiger partial charge in [-0.15, -0.1) is 0 Å². The summed E-state index contributed by atoms with van der Waals surface area (Å²) in [4.78, 5) is 8.56. The van der Waals surface area contributed by atoms with Crippen LogP contribution >= 0.6 is 11.6 Å². The molecule has 0 saturated carbocycles. The van der Waals surface area contributed by atoms with Crippen LogP contribution in [0.15, 0.2) is 22.8 Å². The van der Waals surface area contributed by atoms with Gasteiger partial charge in [0.2, 0.25) is 11.3 Å². The van der Waals surface area contributed by atoms with E-state index in [1.165, 1.54) is 0 Å². The molecular formula is C12H11ClN6O. The van der Waals surface area contributed by atoms with E-state index in [1.54, 1.807) is 7.05 Å². The standard InChI is InChI=1S/C12H11ClN6O/c1-6-3-4-7(5-8(6)13)15-10-9(14-2)16-11-12(17-10)19-20-18-11/h3-5H,1-2H3,(H,14,16,18)(H,15,17,19). The van der Waals surface area contributed by atoms with E-state index < -0.39 is 0 Å². The molecule has 8 heteroatoms. The van der Waals surface area contributed by atoms with Gasteiger partial charge in [-0.25, -0.2) is 14.6 Å². The van der Waals surface area contributed by atoms with Crippen molar-refractivity contribution < 1.29 is 4.63 Å². The lowest BCUT2D eigenvalue weighted by atomic mass is 10.2. The second kappa shape index (κ2) is 4.93. The number of aryl methyl sites for hydroxylation is 1. The molecule has 0 aliphatic heterocycles. The molecule has 3 aromatic rings. The summed E-state index contributed by atoms with van der Waals surface area (Å²) >= 11 is 6.10. The zero-order chi connectivity index (χ0) is 14.1. The van der Waals surface area contributed by atoms with Crippen LogP contribution in [0, 0.1) is 6.92 Å². The second-order valence-electron chi connectivity index (χ2n) is 4.17. The molecule has 0 radical (unpaired) electrons. The van der Waals surface area contributed by atoms with Gasteiger partial charge < -0.3 is 10.6 Å². The van der Waals surface area contributed by atoms with Crippen molar-refractivity contribution in [1.82, 2.24) is 20.3 Å². The van der Waals surface area contributed by atoms with Crippen LogP contribution in [0.4, 0.5) is 17.3 Å². The molecule has 2 aromatic heterocycles. The van der Waals surface area contributed by atoms with E-state index in [0.29, 0.717) is 28.0 Å². The molecule has 20 heavy (non-hydrogen) atoms. The first-order valence-corrected chi connectivity index (χ1v) is 6.26. The Morgan fingerprint density at radius 2 is 1.80 bits per heavy atom. The molecule has 3 rings (SSSR count). The first-order valence-electron chi connectivity index (χ1n) is 5.88. The Morgan fingerprint density at radius 1 is 1.10 bits per heavy atom. The molecule has 2 N–H and O–H groups in total. The fourth-order valence-corrected chi connectivity index (χ4v) is 1.89. The van der Waals surface area contributed by atoms with Gasteiger partial charge in [0.25, 0.3) is 0 Å². The van der Waals surface area contributed by atoms with E-state index in [-0.39, 0.29) is 0 Å². The van der Waals surface area contributed by atoms with Gasteiger partial charge in [0.1, 0.15) is 0 Å². The number of benzene rings is 1. The van der Waals surface area contributed by atoms with Crippen LogP contribution in [0.25, 0.3) is 11.3 Å². The molecular weight excluding hydrogens is 280 g/mol. The van der Waals surface area contributed by atoms with Crippen molar-refractivity contribution in [1.29, 1.82) is 0 Å². The number of fused-ring (bicyclic) bond motifs is 1. The Labute approximate surface area is 119 Å². The molecule has 0 saturated heterocycles. The summed E-state index contributed by atoms with van der Waals surface area (Å²) in [6.45, 7) is 1.94. The number of rotatable bonds is 3. The van der Waals surface area contributed by atoms with Gasteiger partial charge in [-0.05, 0) is 34.9 Å². The van der Waals surface area contributed by atoms with E-state index in [1.807, 2.05) is 25.1 Å². The summed E-state index contributed by atoms with van der Waals surface area (Å²) in [6.07, 6.45) is 0. The second-order valence-corrected chi connectivity index (χ2v) is 4.58. The highest BCUT2D eigenvalue weighted by Gasteiger charge is 2.12. The number of hydrogen-bond donors (Lipinski definition) is 2. The average Bonchev–Trinajstić information content (AvgIpc) is 2.89. The molecule has 0 atom stereocenters. The molecule has 0 amide bonds. The van der Waals surface area contributed by atoms with E-state index in [2.05, 4.69) is 35.5 Å². The molecule has 0 aliphatic rings. The topological polar surface area (TPSA) is 88.8 Å². The first-order chi connectivity index (χ1) is 9.67. The Morgan fingerprint density at radius 3 is 2.45 bits per heavy atom. The third-order valence-corrected chi connectivity index (χ3v) is 3.19. The van der Waals surface area contributed by atoms with Gasteiger partial charge in [-0.1, -0.05) is 17.7 Å². The minimum atomic E-state index is 0.338. The lowest BCUT2D eigenvalue weighted by molar-refractivity contribution is 0.314. The molecule has 0 fully saturated rings. The average molecular weight is 291 g/mol. The van der Waals surface area contributed by atoms with Crippen LogP contribution in [-0.4, -0.2) is 27.3 Å². The van der Waals surface area contributed by atoms with Crippen molar-refractivity contribution in [3.8, 4) is 0 Å². The number of nitrogens with zero attached hydrogens (tertiary/aromatic N) is 4. The smallest absolute Gasteiger partial charge is 0.245 e. The SMILES string of the molecule is CNc1nc2nonc2nc1Nc1ccc(C)c(Cl)c1. The minimum Gasteiger partial charge on any atom is -0.370 e. The summed E-state index contributed by atoms with van der Waals surface area (Å²) in [7, 11) is 1.75. The first kappa shape index (κ1) is 12.6. The molecule has 1 aromatic carbocycles. The summed E-state index contributed by atoms with van der Waals surface area (Å²) < 4.78 is 4.60. The Bertz CT molecular complexity index is 772. The van der Waals surface area contributed by atoms with Gasteiger partial charge in [0, 0.05) is 17.8 Å². The molecule has 0 aliphatic carbocycles. The monoisotopic (exact) mass is 290 g/mol. The maximum Gasteiger partial charge on any atom is 0.245 e. The number of nitrogens with one attached hydrogen (secondary N) is 2. The molecule has 0 unspecified atom stereocenters. The number of aromatic nitrogens is 4. The highest BCUT2D eigenvalue weighted by Crippen LogP contribution is 2.26. The maximum absolute atomic E-state index is 6.10. The van der Waals surface area contributed by atoms with Crippen molar-refractivity contribution in [3.05, 3.63) is 28.8 Å². The number of halogens is 1. The van der Waals surface area contributed by atoms with E-state index in [9.17, 15) is 0 Å². The van der Waals surface area contributed by atoms with E-state index in [4.69, 9.17) is 11.6 Å². The Balaban J connectivity index is 2.01. The molecule has 2 heterocycles. The zero-order valence-corrected chi connectivity index (χ0v) is 11.6. The highest BCUT2D eigenvalue weighted by molar-refractivity contribution is 6.31. The van der Waals surface area contributed by atoms with Crippen LogP contribution in [0.5, 0.6) is 0 Å². The predicted octanol–water partition coefficient (Wildman–Crippen LogP) is 2.76. The van der Waals surface area contributed by atoms with E-state index >= 15 is 0 Å². The lowest BCUT2D eigenvalue weighted by Gasteiger charge is -2.10. The van der Waals surface area contributed by atoms with E-state index in [0.717, 1.165) is 11.3 Å². The van der Waals surface area contributed by atoms with Crippen molar-refractivity contribution in [2.75, 3.05) is 17.7 Å². The van der Waals surface area contributed by atoms with Gasteiger partial charge in [0.15, 0.2) is 11.6 Å². The normalized spacial score (nSPS) is 10.8. The fraction of sp³-hybridized carbons (Fsp3) is 0.167. The highest BCUT2D eigenvalue weighted by atomic mass is 35.5. The van der Waals surface area contributed by atoms with Gasteiger partial charge in [-0.2, -0.15) is 0 Å². The fourth-order valence-electron chi connectivity index (χ4n) is 1.71. The Kier molecular flexibility index (Phi) is 3.11. The molecule has 102 valence electrons. The van der Waals surface area contributed by atoms with Crippen LogP contribution in [0.1, 0.15) is 5.56 Å². The van der Waals surface area contributed by atoms with Crippen LogP contribution in [0.2, 0.25) is 5.02 Å². The predicted molar refractivity (Wildman–Crippen MR) is 76.4 cm³/mol. The molecule has 7 nitrogen and oxygen atoms in total. The summed E-state index contributed by atoms with van der Waals surface area (Å²) in [5.41, 5.74) is 2.50. The quantitative estimate of drug-likeness (QED) is 0.766. The molecule has 0 bridgehead atoms. The van der Waals surface area contributed by atoms with Crippen molar-refractivity contribution in [2.24, 2.45) is 0 Å². The van der Waals surface area contributed by atoms with Gasteiger partial charge >= 0.3 is 0 Å². The van der Waals surface area contributed by atoms with Gasteiger partial charge in [0.05, 0.1) is 0 Å². The number of anilines is 3. The maximum atomic E-state index is 6.10. The van der Waals surface area contributed by atoms with Crippen LogP contribution in [0.3, 0.4) is 0 Å². The van der Waals surface area contributed by atoms with Crippen LogP contribution < -0.4 is 10.6 Å².